The predicted molar refractivity (Wildman–Crippen MR) is 112 cm³/mol. The van der Waals surface area contributed by atoms with Gasteiger partial charge in [0.2, 0.25) is 0 Å². The number of hydrogen-bond donors (Lipinski definition) is 1. The number of nitrogens with zero attached hydrogens (tertiary/aromatic N) is 1. The quantitative estimate of drug-likeness (QED) is 0.298. The lowest BCUT2D eigenvalue weighted by Gasteiger charge is -2.14. The monoisotopic (exact) mass is 425 g/mol. The molecule has 152 valence electrons. The number of fused-ring (bicyclic) bond motifs is 1. The maximum absolute atomic E-state index is 13.1. The number of benzene rings is 3. The third kappa shape index (κ3) is 4.39. The summed E-state index contributed by atoms with van der Waals surface area (Å²) in [7, 11) is 0. The van der Waals surface area contributed by atoms with Gasteiger partial charge in [0.05, 0.1) is 12.1 Å². The number of halogens is 2. The molecule has 0 unspecified atom stereocenters. The number of carboxylic acid groups (broad SMARTS) is 1. The Labute approximate surface area is 176 Å². The fourth-order valence-electron chi connectivity index (χ4n) is 3.25. The topological polar surface area (TPSA) is 60.7 Å². The van der Waals surface area contributed by atoms with Crippen molar-refractivity contribution in [3.05, 3.63) is 94.9 Å². The lowest BCUT2D eigenvalue weighted by atomic mass is 10.2. The molecule has 30 heavy (non-hydrogen) atoms. The Morgan fingerprint density at radius 1 is 1.03 bits per heavy atom. The maximum Gasteiger partial charge on any atom is 0.511 e. The van der Waals surface area contributed by atoms with E-state index in [1.54, 1.807) is 42.5 Å². The van der Waals surface area contributed by atoms with Crippen molar-refractivity contribution in [1.29, 1.82) is 0 Å². The summed E-state index contributed by atoms with van der Waals surface area (Å²) in [6.45, 7) is 0.747. The molecule has 0 saturated carbocycles. The van der Waals surface area contributed by atoms with Crippen molar-refractivity contribution in [3.63, 3.8) is 0 Å². The van der Waals surface area contributed by atoms with Gasteiger partial charge in [-0.25, -0.2) is 9.18 Å². The van der Waals surface area contributed by atoms with Crippen LogP contribution in [-0.2, 0) is 13.2 Å². The van der Waals surface area contributed by atoms with Gasteiger partial charge in [-0.05, 0) is 54.1 Å². The molecule has 0 aliphatic carbocycles. The predicted octanol–water partition coefficient (Wildman–Crippen LogP) is 6.12. The van der Waals surface area contributed by atoms with E-state index in [2.05, 4.69) is 0 Å². The molecule has 4 aromatic rings. The Morgan fingerprint density at radius 3 is 2.60 bits per heavy atom. The first-order chi connectivity index (χ1) is 14.5. The van der Waals surface area contributed by atoms with Gasteiger partial charge in [-0.3, -0.25) is 0 Å². The molecule has 1 N–H and O–H groups in total. The van der Waals surface area contributed by atoms with Crippen LogP contribution >= 0.6 is 11.6 Å². The van der Waals surface area contributed by atoms with Crippen LogP contribution in [0, 0.1) is 5.82 Å². The molecule has 4 rings (SSSR count). The summed E-state index contributed by atoms with van der Waals surface area (Å²) in [6.07, 6.45) is 0.492. The van der Waals surface area contributed by atoms with Crippen LogP contribution in [0.4, 0.5) is 9.18 Å². The van der Waals surface area contributed by atoms with Gasteiger partial charge in [0, 0.05) is 22.2 Å². The lowest BCUT2D eigenvalue weighted by molar-refractivity contribution is 0.145. The molecular weight excluding hydrogens is 409 g/mol. The molecule has 1 heterocycles. The lowest BCUT2D eigenvalue weighted by Crippen LogP contribution is -2.04. The van der Waals surface area contributed by atoms with Crippen molar-refractivity contribution in [1.82, 2.24) is 4.57 Å². The van der Waals surface area contributed by atoms with Crippen molar-refractivity contribution < 1.29 is 23.8 Å². The minimum atomic E-state index is -1.36. The first-order valence-corrected chi connectivity index (χ1v) is 9.52. The van der Waals surface area contributed by atoms with E-state index in [1.807, 2.05) is 22.9 Å². The van der Waals surface area contributed by atoms with Crippen molar-refractivity contribution >= 4 is 28.7 Å². The number of hydrogen-bond acceptors (Lipinski definition) is 3. The third-order valence-electron chi connectivity index (χ3n) is 4.64. The Bertz CT molecular complexity index is 1200. The Kier molecular flexibility index (Phi) is 5.59. The SMILES string of the molecule is O=C(O)Oc1cccc2c1ccn2Cc1cc(Cl)ccc1OCc1ccc(F)cc1. The molecule has 0 atom stereocenters. The number of ether oxygens (including phenoxy) is 2. The highest BCUT2D eigenvalue weighted by Gasteiger charge is 2.12. The van der Waals surface area contributed by atoms with Gasteiger partial charge in [-0.1, -0.05) is 29.8 Å². The van der Waals surface area contributed by atoms with Gasteiger partial charge < -0.3 is 19.1 Å². The van der Waals surface area contributed by atoms with Crippen LogP contribution in [0.1, 0.15) is 11.1 Å². The summed E-state index contributed by atoms with van der Waals surface area (Å²) in [5.74, 6) is 0.637. The third-order valence-corrected chi connectivity index (χ3v) is 4.88. The zero-order valence-electron chi connectivity index (χ0n) is 15.7. The zero-order valence-corrected chi connectivity index (χ0v) is 16.5. The van der Waals surface area contributed by atoms with E-state index in [4.69, 9.17) is 26.2 Å². The summed E-state index contributed by atoms with van der Waals surface area (Å²) < 4.78 is 25.9. The summed E-state index contributed by atoms with van der Waals surface area (Å²) in [5, 5.41) is 10.2. The van der Waals surface area contributed by atoms with E-state index in [9.17, 15) is 9.18 Å². The molecule has 0 saturated heterocycles. The van der Waals surface area contributed by atoms with Crippen LogP contribution in [-0.4, -0.2) is 15.8 Å². The van der Waals surface area contributed by atoms with Crippen molar-refractivity contribution in [2.24, 2.45) is 0 Å². The van der Waals surface area contributed by atoms with E-state index in [0.29, 0.717) is 22.7 Å². The van der Waals surface area contributed by atoms with Crippen LogP contribution in [0.3, 0.4) is 0 Å². The molecule has 0 fully saturated rings. The highest BCUT2D eigenvalue weighted by Crippen LogP contribution is 2.30. The molecule has 5 nitrogen and oxygen atoms in total. The summed E-state index contributed by atoms with van der Waals surface area (Å²) in [5.41, 5.74) is 2.52. The normalized spacial score (nSPS) is 10.9. The van der Waals surface area contributed by atoms with E-state index < -0.39 is 6.16 Å². The number of carbonyl (C=O) groups is 1. The largest absolute Gasteiger partial charge is 0.511 e. The van der Waals surface area contributed by atoms with E-state index in [0.717, 1.165) is 16.6 Å². The van der Waals surface area contributed by atoms with Crippen molar-refractivity contribution in [2.75, 3.05) is 0 Å². The first-order valence-electron chi connectivity index (χ1n) is 9.14. The molecule has 7 heteroatoms. The van der Waals surface area contributed by atoms with Crippen LogP contribution in [0.15, 0.2) is 72.9 Å². The molecular formula is C23H17ClFNO4. The first kappa shape index (κ1) is 19.8. The standard InChI is InChI=1S/C23H17ClFNO4/c24-17-6-9-21(29-14-15-4-7-18(25)8-5-15)16(12-17)13-26-11-10-19-20(26)2-1-3-22(19)30-23(27)28/h1-12H,13-14H2,(H,27,28). The number of rotatable bonds is 6. The Morgan fingerprint density at radius 2 is 1.83 bits per heavy atom. The summed E-state index contributed by atoms with van der Waals surface area (Å²) in [6, 6.07) is 18.5. The van der Waals surface area contributed by atoms with Gasteiger partial charge in [0.1, 0.15) is 23.9 Å². The van der Waals surface area contributed by atoms with Gasteiger partial charge in [0.25, 0.3) is 0 Å². The molecule has 0 aliphatic rings. The van der Waals surface area contributed by atoms with Gasteiger partial charge in [-0.15, -0.1) is 0 Å². The van der Waals surface area contributed by atoms with Crippen molar-refractivity contribution in [3.8, 4) is 11.5 Å². The molecule has 3 aromatic carbocycles. The summed E-state index contributed by atoms with van der Waals surface area (Å²) >= 11 is 6.20. The van der Waals surface area contributed by atoms with Crippen LogP contribution in [0.5, 0.6) is 11.5 Å². The van der Waals surface area contributed by atoms with Crippen molar-refractivity contribution in [2.45, 2.75) is 13.2 Å². The molecule has 0 aliphatic heterocycles. The van der Waals surface area contributed by atoms with E-state index >= 15 is 0 Å². The molecule has 0 bridgehead atoms. The fraction of sp³-hybridized carbons (Fsp3) is 0.0870. The van der Waals surface area contributed by atoms with Gasteiger partial charge in [0.15, 0.2) is 0 Å². The maximum atomic E-state index is 13.1. The van der Waals surface area contributed by atoms with E-state index in [-0.39, 0.29) is 18.2 Å². The molecule has 0 amide bonds. The summed E-state index contributed by atoms with van der Waals surface area (Å²) in [4.78, 5) is 10.9. The smallest absolute Gasteiger partial charge is 0.489 e. The average molecular weight is 426 g/mol. The van der Waals surface area contributed by atoms with E-state index in [1.165, 1.54) is 12.1 Å². The molecule has 1 aromatic heterocycles. The highest BCUT2D eigenvalue weighted by molar-refractivity contribution is 6.30. The highest BCUT2D eigenvalue weighted by atomic mass is 35.5. The number of aromatic nitrogens is 1. The second-order valence-electron chi connectivity index (χ2n) is 6.67. The second kappa shape index (κ2) is 8.47. The van der Waals surface area contributed by atoms with Crippen LogP contribution < -0.4 is 9.47 Å². The van der Waals surface area contributed by atoms with Gasteiger partial charge in [-0.2, -0.15) is 0 Å². The molecule has 0 radical (unpaired) electrons. The Balaban J connectivity index is 1.60. The Hall–Kier alpha value is -3.51. The average Bonchev–Trinajstić information content (AvgIpc) is 3.12. The van der Waals surface area contributed by atoms with Crippen LogP contribution in [0.2, 0.25) is 5.02 Å². The minimum Gasteiger partial charge on any atom is -0.489 e. The molecule has 0 spiro atoms. The second-order valence-corrected chi connectivity index (χ2v) is 7.10. The fourth-order valence-corrected chi connectivity index (χ4v) is 3.45. The minimum absolute atomic E-state index is 0.276. The zero-order chi connectivity index (χ0) is 21.1. The van der Waals surface area contributed by atoms with Gasteiger partial charge >= 0.3 is 6.16 Å². The van der Waals surface area contributed by atoms with Crippen LogP contribution in [0.25, 0.3) is 10.9 Å².